The van der Waals surface area contributed by atoms with E-state index in [-0.39, 0.29) is 6.10 Å². The van der Waals surface area contributed by atoms with Crippen molar-refractivity contribution in [1.82, 2.24) is 0 Å². The molecule has 0 N–H and O–H groups in total. The molecular weight excluding hydrogens is 204 g/mol. The van der Waals surface area contributed by atoms with Gasteiger partial charge in [0.2, 0.25) is 0 Å². The van der Waals surface area contributed by atoms with Gasteiger partial charge in [-0.05, 0) is 26.2 Å². The highest BCUT2D eigenvalue weighted by Gasteiger charge is 2.39. The minimum absolute atomic E-state index is 0.257. The molecule has 0 spiro atoms. The number of halogens is 1. The van der Waals surface area contributed by atoms with Crippen LogP contribution in [0.15, 0.2) is 0 Å². The van der Waals surface area contributed by atoms with Gasteiger partial charge in [0.15, 0.2) is 0 Å². The molecular formula is C9H19ClO2Si. The number of rotatable bonds is 4. The fourth-order valence-corrected chi connectivity index (χ4v) is 4.85. The second kappa shape index (κ2) is 5.34. The second-order valence-corrected chi connectivity index (χ2v) is 7.75. The van der Waals surface area contributed by atoms with Gasteiger partial charge in [-0.3, -0.25) is 0 Å². The zero-order valence-electron chi connectivity index (χ0n) is 8.51. The van der Waals surface area contributed by atoms with Crippen LogP contribution in [0.2, 0.25) is 6.04 Å². The molecule has 0 radical (unpaired) electrons. The van der Waals surface area contributed by atoms with E-state index in [1.54, 1.807) is 0 Å². The molecule has 1 saturated heterocycles. The van der Waals surface area contributed by atoms with Crippen molar-refractivity contribution in [2.45, 2.75) is 51.7 Å². The summed E-state index contributed by atoms with van der Waals surface area (Å²) in [6, 6.07) is 0.947. The van der Waals surface area contributed by atoms with Crippen molar-refractivity contribution in [3.63, 3.8) is 0 Å². The third-order valence-corrected chi connectivity index (χ3v) is 5.76. The lowest BCUT2D eigenvalue weighted by molar-refractivity contribution is 0.119. The predicted molar refractivity (Wildman–Crippen MR) is 57.1 cm³/mol. The maximum absolute atomic E-state index is 6.30. The fourth-order valence-electron chi connectivity index (χ4n) is 1.59. The molecule has 0 aromatic carbocycles. The molecule has 4 heteroatoms. The van der Waals surface area contributed by atoms with Crippen LogP contribution in [0.4, 0.5) is 0 Å². The van der Waals surface area contributed by atoms with Crippen LogP contribution in [-0.2, 0) is 8.85 Å². The summed E-state index contributed by atoms with van der Waals surface area (Å²) in [5, 5.41) is 0. The normalized spacial score (nSPS) is 31.6. The standard InChI is InChI=1S/C9H19ClO2Si/c1-3-6-9(2)12-13(10)8-5-4-7-11-13/h9H,3-8H2,1-2H3. The van der Waals surface area contributed by atoms with Gasteiger partial charge >= 0.3 is 7.87 Å². The van der Waals surface area contributed by atoms with Crippen molar-refractivity contribution < 1.29 is 8.85 Å². The lowest BCUT2D eigenvalue weighted by Crippen LogP contribution is -2.41. The number of hydrogen-bond donors (Lipinski definition) is 0. The first-order valence-electron chi connectivity index (χ1n) is 5.17. The van der Waals surface area contributed by atoms with Gasteiger partial charge in [-0.15, -0.1) is 0 Å². The summed E-state index contributed by atoms with van der Waals surface area (Å²) in [5.74, 6) is 0. The molecule has 2 unspecified atom stereocenters. The molecule has 2 nitrogen and oxygen atoms in total. The van der Waals surface area contributed by atoms with Crippen molar-refractivity contribution in [2.24, 2.45) is 0 Å². The quantitative estimate of drug-likeness (QED) is 0.538. The summed E-state index contributed by atoms with van der Waals surface area (Å²) < 4.78 is 11.4. The molecule has 0 amide bonds. The van der Waals surface area contributed by atoms with Crippen molar-refractivity contribution in [1.29, 1.82) is 0 Å². The molecule has 1 aliphatic heterocycles. The van der Waals surface area contributed by atoms with Gasteiger partial charge in [-0.2, -0.15) is 0 Å². The molecule has 0 aliphatic carbocycles. The predicted octanol–water partition coefficient (Wildman–Crippen LogP) is 3.18. The Labute approximate surface area is 86.5 Å². The Morgan fingerprint density at radius 1 is 1.54 bits per heavy atom. The van der Waals surface area contributed by atoms with Gasteiger partial charge in [0, 0.05) is 18.8 Å². The van der Waals surface area contributed by atoms with E-state index in [2.05, 4.69) is 13.8 Å². The van der Waals surface area contributed by atoms with Crippen LogP contribution in [0, 0.1) is 0 Å². The van der Waals surface area contributed by atoms with E-state index >= 15 is 0 Å². The summed E-state index contributed by atoms with van der Waals surface area (Å²) in [7, 11) is -2.26. The Bertz CT molecular complexity index is 149. The van der Waals surface area contributed by atoms with Gasteiger partial charge < -0.3 is 8.85 Å². The molecule has 2 atom stereocenters. The maximum atomic E-state index is 6.30. The largest absolute Gasteiger partial charge is 0.443 e. The Hall–Kier alpha value is 0.427. The third-order valence-electron chi connectivity index (χ3n) is 2.26. The van der Waals surface area contributed by atoms with Gasteiger partial charge in [0.25, 0.3) is 0 Å². The molecule has 1 rings (SSSR count). The lowest BCUT2D eigenvalue weighted by atomic mass is 10.2. The molecule has 0 bridgehead atoms. The van der Waals surface area contributed by atoms with Crippen LogP contribution >= 0.6 is 11.1 Å². The van der Waals surface area contributed by atoms with Crippen LogP contribution in [-0.4, -0.2) is 20.6 Å². The second-order valence-electron chi connectivity index (χ2n) is 3.68. The summed E-state index contributed by atoms with van der Waals surface area (Å²) in [6.07, 6.45) is 4.77. The minimum Gasteiger partial charge on any atom is -0.383 e. The highest BCUT2D eigenvalue weighted by molar-refractivity contribution is 7.13. The van der Waals surface area contributed by atoms with E-state index in [0.29, 0.717) is 0 Å². The summed E-state index contributed by atoms with van der Waals surface area (Å²) in [4.78, 5) is 0. The minimum atomic E-state index is -2.26. The van der Waals surface area contributed by atoms with Crippen LogP contribution in [0.1, 0.15) is 39.5 Å². The average molecular weight is 223 g/mol. The molecule has 0 saturated carbocycles. The van der Waals surface area contributed by atoms with E-state index in [9.17, 15) is 0 Å². The SMILES string of the molecule is CCCC(C)O[Si]1(Cl)CCCCO1. The van der Waals surface area contributed by atoms with Gasteiger partial charge in [-0.25, -0.2) is 0 Å². The third kappa shape index (κ3) is 3.98. The van der Waals surface area contributed by atoms with Gasteiger partial charge in [-0.1, -0.05) is 24.4 Å². The van der Waals surface area contributed by atoms with Crippen LogP contribution in [0.3, 0.4) is 0 Å². The van der Waals surface area contributed by atoms with Crippen molar-refractivity contribution >= 4 is 18.9 Å². The Morgan fingerprint density at radius 2 is 2.31 bits per heavy atom. The van der Waals surface area contributed by atoms with Gasteiger partial charge in [0.05, 0.1) is 0 Å². The van der Waals surface area contributed by atoms with E-state index < -0.39 is 7.87 Å². The van der Waals surface area contributed by atoms with Crippen LogP contribution in [0.25, 0.3) is 0 Å². The van der Waals surface area contributed by atoms with Crippen LogP contribution < -0.4 is 0 Å². The first-order chi connectivity index (χ1) is 6.16. The molecule has 1 heterocycles. The first kappa shape index (κ1) is 11.5. The molecule has 0 aromatic heterocycles. The van der Waals surface area contributed by atoms with Crippen molar-refractivity contribution in [3.8, 4) is 0 Å². The lowest BCUT2D eigenvalue weighted by Gasteiger charge is -2.30. The smallest absolute Gasteiger partial charge is 0.383 e. The van der Waals surface area contributed by atoms with E-state index in [1.807, 2.05) is 0 Å². The summed E-state index contributed by atoms with van der Waals surface area (Å²) in [5.41, 5.74) is 0. The molecule has 1 fully saturated rings. The molecule has 13 heavy (non-hydrogen) atoms. The monoisotopic (exact) mass is 222 g/mol. The van der Waals surface area contributed by atoms with E-state index in [0.717, 1.165) is 38.3 Å². The van der Waals surface area contributed by atoms with Crippen LogP contribution in [0.5, 0.6) is 0 Å². The number of hydrogen-bond acceptors (Lipinski definition) is 2. The summed E-state index contributed by atoms with van der Waals surface area (Å²) in [6.45, 7) is 5.03. The molecule has 78 valence electrons. The van der Waals surface area contributed by atoms with E-state index in [4.69, 9.17) is 19.9 Å². The molecule has 0 aromatic rings. The topological polar surface area (TPSA) is 18.5 Å². The Kier molecular flexibility index (Phi) is 4.73. The maximum Gasteiger partial charge on any atom is 0.443 e. The highest BCUT2D eigenvalue weighted by Crippen LogP contribution is 2.28. The zero-order valence-corrected chi connectivity index (χ0v) is 10.3. The summed E-state index contributed by atoms with van der Waals surface area (Å²) >= 11 is 6.30. The van der Waals surface area contributed by atoms with E-state index in [1.165, 1.54) is 0 Å². The van der Waals surface area contributed by atoms with Gasteiger partial charge in [0.1, 0.15) is 0 Å². The highest BCUT2D eigenvalue weighted by atomic mass is 35.6. The van der Waals surface area contributed by atoms with Crippen molar-refractivity contribution in [3.05, 3.63) is 0 Å². The Balaban J connectivity index is 2.31. The molecule has 1 aliphatic rings. The zero-order chi connectivity index (χ0) is 9.73. The van der Waals surface area contributed by atoms with Crippen molar-refractivity contribution in [2.75, 3.05) is 6.61 Å². The fraction of sp³-hybridized carbons (Fsp3) is 1.00. The Morgan fingerprint density at radius 3 is 2.85 bits per heavy atom. The first-order valence-corrected chi connectivity index (χ1v) is 8.20. The average Bonchev–Trinajstić information content (AvgIpc) is 2.04.